The second kappa shape index (κ2) is 7.25. The number of carbonyl (C=O) groups excluding carboxylic acids is 1. The summed E-state index contributed by atoms with van der Waals surface area (Å²) >= 11 is 0. The molecule has 1 aromatic rings. The number of benzene rings is 1. The van der Waals surface area contributed by atoms with E-state index in [0.717, 1.165) is 5.01 Å². The molecule has 1 heterocycles. The van der Waals surface area contributed by atoms with Gasteiger partial charge in [-0.15, -0.1) is 5.01 Å². The molecule has 0 amide bonds. The molecule has 9 heteroatoms. The number of aliphatic carboxylic acids is 1. The molecule has 0 radical (unpaired) electrons. The maximum atomic E-state index is 11.6. The van der Waals surface area contributed by atoms with Crippen molar-refractivity contribution >= 4 is 11.9 Å². The number of ether oxygens (including phenoxy) is 1. The Bertz CT molecular complexity index is 562. The monoisotopic (exact) mass is 309 g/mol. The summed E-state index contributed by atoms with van der Waals surface area (Å²) in [6.07, 6.45) is 0.945. The molecule has 1 fully saturated rings. The van der Waals surface area contributed by atoms with Crippen molar-refractivity contribution in [2.24, 2.45) is 5.28 Å². The van der Waals surface area contributed by atoms with Gasteiger partial charge in [-0.05, 0) is 25.0 Å². The fraction of sp³-hybridized carbons (Fsp3) is 0.385. The Hall–Kier alpha value is -2.84. The van der Waals surface area contributed by atoms with Crippen molar-refractivity contribution in [3.8, 4) is 0 Å². The number of hydrazine groups is 1. The molecular weight excluding hydrogens is 294 g/mol. The standard InChI is InChI=1S/C13H15N3O6/c17-12(18)11-7-4-8-15(11)16(20)14-22-9-21-13(19)10-5-2-1-3-6-10/h1-3,5-6,11H,4,7-9H2,(H,17,18)/t11-/m0/s1. The quantitative estimate of drug-likeness (QED) is 0.209. The molecule has 0 unspecified atom stereocenters. The van der Waals surface area contributed by atoms with Crippen molar-refractivity contribution in [2.45, 2.75) is 18.9 Å². The Morgan fingerprint density at radius 2 is 2.14 bits per heavy atom. The Balaban J connectivity index is 1.80. The number of nitrogens with zero attached hydrogens (tertiary/aromatic N) is 3. The van der Waals surface area contributed by atoms with Crippen LogP contribution in [-0.4, -0.2) is 46.4 Å². The molecule has 1 atom stereocenters. The van der Waals surface area contributed by atoms with Crippen LogP contribution in [0.25, 0.3) is 0 Å². The van der Waals surface area contributed by atoms with E-state index in [4.69, 9.17) is 9.84 Å². The molecule has 1 saturated heterocycles. The third-order valence-electron chi connectivity index (χ3n) is 3.11. The molecule has 22 heavy (non-hydrogen) atoms. The van der Waals surface area contributed by atoms with Gasteiger partial charge in [0.25, 0.3) is 6.79 Å². The van der Waals surface area contributed by atoms with Crippen molar-refractivity contribution in [1.29, 1.82) is 0 Å². The van der Waals surface area contributed by atoms with E-state index in [1.807, 2.05) is 0 Å². The molecule has 1 aliphatic rings. The van der Waals surface area contributed by atoms with Crippen LogP contribution in [0.15, 0.2) is 35.6 Å². The van der Waals surface area contributed by atoms with Gasteiger partial charge in [0, 0.05) is 0 Å². The fourth-order valence-corrected chi connectivity index (χ4v) is 2.06. The van der Waals surface area contributed by atoms with Crippen LogP contribution in [-0.2, 0) is 14.4 Å². The van der Waals surface area contributed by atoms with Crippen LogP contribution >= 0.6 is 0 Å². The number of carbonyl (C=O) groups is 2. The number of carboxylic acids is 1. The van der Waals surface area contributed by atoms with E-state index in [1.165, 1.54) is 0 Å². The highest BCUT2D eigenvalue weighted by molar-refractivity contribution is 5.89. The predicted molar refractivity (Wildman–Crippen MR) is 71.2 cm³/mol. The van der Waals surface area contributed by atoms with Gasteiger partial charge in [0.15, 0.2) is 6.04 Å². The summed E-state index contributed by atoms with van der Waals surface area (Å²) in [5.41, 5.74) is 0.343. The van der Waals surface area contributed by atoms with Crippen molar-refractivity contribution in [1.82, 2.24) is 5.01 Å². The number of esters is 1. The van der Waals surface area contributed by atoms with Gasteiger partial charge in [-0.1, -0.05) is 18.2 Å². The third-order valence-corrected chi connectivity index (χ3v) is 3.11. The Morgan fingerprint density at radius 3 is 2.82 bits per heavy atom. The van der Waals surface area contributed by atoms with Gasteiger partial charge in [0.05, 0.1) is 17.1 Å². The lowest BCUT2D eigenvalue weighted by Crippen LogP contribution is -2.40. The molecule has 0 saturated carbocycles. The van der Waals surface area contributed by atoms with Crippen molar-refractivity contribution < 1.29 is 29.2 Å². The van der Waals surface area contributed by atoms with E-state index in [0.29, 0.717) is 18.4 Å². The van der Waals surface area contributed by atoms with Gasteiger partial charge in [0.2, 0.25) is 5.28 Å². The minimum absolute atomic E-state index is 0.0716. The van der Waals surface area contributed by atoms with E-state index in [1.54, 1.807) is 30.3 Å². The largest absolute Gasteiger partial charge is 0.569 e. The van der Waals surface area contributed by atoms with Crippen LogP contribution < -0.4 is 0 Å². The number of carboxylic acid groups (broad SMARTS) is 1. The molecule has 0 aromatic heterocycles. The normalized spacial score (nSPS) is 18.1. The Kier molecular flexibility index (Phi) is 5.12. The summed E-state index contributed by atoms with van der Waals surface area (Å²) in [5.74, 6) is -1.71. The van der Waals surface area contributed by atoms with Gasteiger partial charge in [-0.25, -0.2) is 9.59 Å². The second-order valence-corrected chi connectivity index (χ2v) is 4.54. The first-order valence-corrected chi connectivity index (χ1v) is 6.61. The summed E-state index contributed by atoms with van der Waals surface area (Å²) in [5, 5.41) is 24.8. The lowest BCUT2D eigenvalue weighted by Gasteiger charge is -2.16. The lowest BCUT2D eigenvalue weighted by molar-refractivity contribution is -0.712. The van der Waals surface area contributed by atoms with Gasteiger partial charge in [0.1, 0.15) is 0 Å². The molecule has 0 aliphatic carbocycles. The van der Waals surface area contributed by atoms with Crippen LogP contribution in [0.4, 0.5) is 0 Å². The van der Waals surface area contributed by atoms with E-state index in [-0.39, 0.29) is 11.5 Å². The summed E-state index contributed by atoms with van der Waals surface area (Å²) in [6.45, 7) is -0.269. The van der Waals surface area contributed by atoms with Gasteiger partial charge in [-0.3, -0.25) is 0 Å². The molecule has 1 aromatic carbocycles. The second-order valence-electron chi connectivity index (χ2n) is 4.54. The highest BCUT2D eigenvalue weighted by atomic mass is 16.8. The van der Waals surface area contributed by atoms with E-state index < -0.39 is 24.8 Å². The van der Waals surface area contributed by atoms with Gasteiger partial charge >= 0.3 is 11.9 Å². The summed E-state index contributed by atoms with van der Waals surface area (Å²) in [7, 11) is 0. The topological polar surface area (TPSA) is 114 Å². The minimum atomic E-state index is -1.09. The van der Waals surface area contributed by atoms with Crippen molar-refractivity contribution in [3.05, 3.63) is 41.1 Å². The SMILES string of the molecule is O=C(OCON=[N+]([O-])N1CCC[C@H]1C(=O)O)c1ccccc1. The van der Waals surface area contributed by atoms with Crippen LogP contribution in [0.5, 0.6) is 0 Å². The van der Waals surface area contributed by atoms with Crippen LogP contribution in [0.3, 0.4) is 0 Å². The molecule has 1 aliphatic heterocycles. The number of hydrogen-bond acceptors (Lipinski definition) is 6. The van der Waals surface area contributed by atoms with E-state index in [9.17, 15) is 14.8 Å². The van der Waals surface area contributed by atoms with Gasteiger partial charge < -0.3 is 19.9 Å². The molecule has 1 N–H and O–H groups in total. The van der Waals surface area contributed by atoms with Crippen molar-refractivity contribution in [3.63, 3.8) is 0 Å². The van der Waals surface area contributed by atoms with Gasteiger partial charge in [-0.2, -0.15) is 0 Å². The first-order valence-electron chi connectivity index (χ1n) is 6.61. The average molecular weight is 309 g/mol. The summed E-state index contributed by atoms with van der Waals surface area (Å²) in [6, 6.07) is 7.34. The van der Waals surface area contributed by atoms with E-state index >= 15 is 0 Å². The molecule has 0 bridgehead atoms. The predicted octanol–water partition coefficient (Wildman–Crippen LogP) is 1.16. The molecule has 2 rings (SSSR count). The number of hydrogen-bond donors (Lipinski definition) is 1. The summed E-state index contributed by atoms with van der Waals surface area (Å²) in [4.78, 5) is 27.2. The molecular formula is C13H15N3O6. The Morgan fingerprint density at radius 1 is 1.41 bits per heavy atom. The van der Waals surface area contributed by atoms with E-state index in [2.05, 4.69) is 10.1 Å². The highest BCUT2D eigenvalue weighted by Crippen LogP contribution is 2.17. The van der Waals surface area contributed by atoms with Crippen LogP contribution in [0.1, 0.15) is 23.2 Å². The maximum absolute atomic E-state index is 11.6. The molecule has 0 spiro atoms. The maximum Gasteiger partial charge on any atom is 0.341 e. The van der Waals surface area contributed by atoms with Crippen LogP contribution in [0.2, 0.25) is 0 Å². The first-order chi connectivity index (χ1) is 10.6. The first kappa shape index (κ1) is 15.5. The average Bonchev–Trinajstić information content (AvgIpc) is 3.02. The van der Waals surface area contributed by atoms with Crippen molar-refractivity contribution in [2.75, 3.05) is 13.3 Å². The van der Waals surface area contributed by atoms with Crippen LogP contribution in [0, 0.1) is 5.21 Å². The fourth-order valence-electron chi connectivity index (χ4n) is 2.06. The lowest BCUT2D eigenvalue weighted by atomic mass is 10.2. The zero-order valence-electron chi connectivity index (χ0n) is 11.6. The zero-order chi connectivity index (χ0) is 15.9. The number of rotatable bonds is 6. The minimum Gasteiger partial charge on any atom is -0.569 e. The highest BCUT2D eigenvalue weighted by Gasteiger charge is 2.36. The molecule has 9 nitrogen and oxygen atoms in total. The third kappa shape index (κ3) is 3.84. The zero-order valence-corrected chi connectivity index (χ0v) is 11.6. The molecule has 118 valence electrons. The smallest absolute Gasteiger partial charge is 0.341 e. The summed E-state index contributed by atoms with van der Waals surface area (Å²) < 4.78 is 4.76. The Labute approximate surface area is 125 Å².